The number of hydrogen-bond donors (Lipinski definition) is 7. The van der Waals surface area contributed by atoms with E-state index in [0.29, 0.717) is 0 Å². The first-order valence-electron chi connectivity index (χ1n) is 4.17. The molecule has 9 nitrogen and oxygen atoms in total. The molecule has 8 N–H and O–H groups in total. The van der Waals surface area contributed by atoms with Gasteiger partial charge in [0.05, 0.1) is 12.6 Å². The minimum atomic E-state index is -3.29. The molecular weight excluding hydrogens is 293 g/mol. The maximum absolute atomic E-state index is 9.20. The van der Waals surface area contributed by atoms with Crippen LogP contribution in [-0.4, -0.2) is 80.5 Å². The van der Waals surface area contributed by atoms with Gasteiger partial charge in [0.2, 0.25) is 0 Å². The van der Waals surface area contributed by atoms with E-state index in [0.717, 1.165) is 0 Å². The fraction of sp³-hybridized carbons (Fsp3) is 1.00. The summed E-state index contributed by atoms with van der Waals surface area (Å²) in [6.07, 6.45) is -4.85. The first kappa shape index (κ1) is 16.0. The van der Waals surface area contributed by atoms with Gasteiger partial charge in [-0.1, -0.05) is 0 Å². The Hall–Kier alpha value is -0.000519. The van der Waals surface area contributed by atoms with Gasteiger partial charge in [0.15, 0.2) is 6.29 Å². The van der Waals surface area contributed by atoms with E-state index >= 15 is 0 Å². The van der Waals surface area contributed by atoms with Crippen molar-refractivity contribution in [1.29, 1.82) is 0 Å². The fourth-order valence-electron chi connectivity index (χ4n) is 1.12. The molecule has 1 aliphatic heterocycles. The Labute approximate surface area is 95.4 Å². The van der Waals surface area contributed by atoms with Crippen LogP contribution in [-0.2, 0) is 8.57 Å². The molecular formula is C6H15NO8Se. The van der Waals surface area contributed by atoms with Gasteiger partial charge in [-0.15, -0.1) is 0 Å². The molecule has 1 rings (SSSR count). The normalized spacial score (nSPS) is 39.1. The zero-order valence-corrected chi connectivity index (χ0v) is 9.79. The van der Waals surface area contributed by atoms with Crippen LogP contribution in [0.1, 0.15) is 0 Å². The van der Waals surface area contributed by atoms with Gasteiger partial charge < -0.3 is 30.9 Å². The number of aliphatic hydroxyl groups is 4. The molecule has 0 bridgehead atoms. The van der Waals surface area contributed by atoms with Crippen LogP contribution in [0.4, 0.5) is 0 Å². The summed E-state index contributed by atoms with van der Waals surface area (Å²) in [5, 5.41) is 36.1. The first-order valence-corrected chi connectivity index (χ1v) is 6.40. The quantitative estimate of drug-likeness (QED) is 0.234. The van der Waals surface area contributed by atoms with Crippen LogP contribution in [0.25, 0.3) is 0 Å². The Balaban J connectivity index is 0.000000487. The standard InChI is InChI=1S/C6H13NO5.H2O3Se/c7-3-5(10)4(9)2(1-8)12-6(3)11;1-4(2)3/h2-6,8-11H,1,7H2;(H2,1,2,3)/t2-,3-,4-,5-,6?;/m1./s1. The Bertz CT molecular complexity index is 220. The zero-order valence-electron chi connectivity index (χ0n) is 8.08. The molecule has 16 heavy (non-hydrogen) atoms. The van der Waals surface area contributed by atoms with Gasteiger partial charge in [-0.25, -0.2) is 0 Å². The van der Waals surface area contributed by atoms with Crippen molar-refractivity contribution in [1.82, 2.24) is 0 Å². The molecule has 0 aromatic carbocycles. The van der Waals surface area contributed by atoms with E-state index in [1.807, 2.05) is 0 Å². The molecule has 0 aromatic heterocycles. The number of hydrogen-bond acceptors (Lipinski definition) is 7. The SMILES string of the molecule is N[C@H]1C(O)O[C@H](CO)[C@@H](O)[C@@H]1O.O=[Se](O)O. The molecule has 10 heteroatoms. The van der Waals surface area contributed by atoms with Crippen molar-refractivity contribution in [2.75, 3.05) is 6.61 Å². The van der Waals surface area contributed by atoms with Crippen molar-refractivity contribution in [3.05, 3.63) is 0 Å². The van der Waals surface area contributed by atoms with Gasteiger partial charge in [0.1, 0.15) is 18.3 Å². The van der Waals surface area contributed by atoms with Crippen LogP contribution in [0.3, 0.4) is 0 Å². The van der Waals surface area contributed by atoms with E-state index in [-0.39, 0.29) is 0 Å². The Morgan fingerprint density at radius 1 is 1.19 bits per heavy atom. The molecule has 98 valence electrons. The Kier molecular flexibility index (Phi) is 7.35. The van der Waals surface area contributed by atoms with E-state index in [9.17, 15) is 10.2 Å². The molecule has 0 radical (unpaired) electrons. The van der Waals surface area contributed by atoms with Crippen LogP contribution < -0.4 is 5.73 Å². The average molecular weight is 308 g/mol. The summed E-state index contributed by atoms with van der Waals surface area (Å²) < 4.78 is 27.8. The van der Waals surface area contributed by atoms with Crippen LogP contribution in [0, 0.1) is 0 Å². The number of nitrogens with two attached hydrogens (primary N) is 1. The number of rotatable bonds is 1. The second kappa shape index (κ2) is 7.35. The van der Waals surface area contributed by atoms with Crippen LogP contribution >= 0.6 is 0 Å². The predicted octanol–water partition coefficient (Wildman–Crippen LogP) is -4.87. The molecule has 1 saturated heterocycles. The predicted molar refractivity (Wildman–Crippen MR) is 48.8 cm³/mol. The molecule has 0 saturated carbocycles. The summed E-state index contributed by atoms with van der Waals surface area (Å²) in [7, 11) is 0. The van der Waals surface area contributed by atoms with Gasteiger partial charge in [0.25, 0.3) is 0 Å². The van der Waals surface area contributed by atoms with Gasteiger partial charge in [-0.2, -0.15) is 0 Å². The molecule has 0 spiro atoms. The monoisotopic (exact) mass is 309 g/mol. The minimum absolute atomic E-state index is 0.470. The third kappa shape index (κ3) is 4.89. The van der Waals surface area contributed by atoms with E-state index in [1.54, 1.807) is 0 Å². The summed E-state index contributed by atoms with van der Waals surface area (Å²) in [6.45, 7) is -0.470. The molecule has 5 atom stereocenters. The molecule has 1 fully saturated rings. The van der Waals surface area contributed by atoms with E-state index in [4.69, 9.17) is 32.9 Å². The first-order chi connectivity index (χ1) is 7.31. The summed E-state index contributed by atoms with van der Waals surface area (Å²) in [5.41, 5.74) is 5.26. The van der Waals surface area contributed by atoms with E-state index < -0.39 is 51.7 Å². The molecule has 0 amide bonds. The van der Waals surface area contributed by atoms with Crippen LogP contribution in [0.2, 0.25) is 0 Å². The van der Waals surface area contributed by atoms with E-state index in [1.165, 1.54) is 0 Å². The van der Waals surface area contributed by atoms with Gasteiger partial charge in [-0.3, -0.25) is 0 Å². The van der Waals surface area contributed by atoms with E-state index in [2.05, 4.69) is 0 Å². The summed E-state index contributed by atoms with van der Waals surface area (Å²) >= 11 is -3.29. The second-order valence-electron chi connectivity index (χ2n) is 3.04. The van der Waals surface area contributed by atoms with Crippen molar-refractivity contribution in [2.45, 2.75) is 30.6 Å². The third-order valence-electron chi connectivity index (χ3n) is 1.95. The van der Waals surface area contributed by atoms with Crippen molar-refractivity contribution >= 4 is 14.5 Å². The van der Waals surface area contributed by atoms with Gasteiger partial charge >= 0.3 is 26.7 Å². The molecule has 0 aromatic rings. The third-order valence-corrected chi connectivity index (χ3v) is 1.95. The number of aliphatic hydroxyl groups excluding tert-OH is 4. The topological polar surface area (TPSA) is 174 Å². The second-order valence-corrected chi connectivity index (χ2v) is 4.01. The van der Waals surface area contributed by atoms with Crippen LogP contribution in [0.5, 0.6) is 0 Å². The summed E-state index contributed by atoms with van der Waals surface area (Å²) in [6, 6.07) is -1.04. The summed E-state index contributed by atoms with van der Waals surface area (Å²) in [5.74, 6) is 0. The van der Waals surface area contributed by atoms with Crippen molar-refractivity contribution in [2.24, 2.45) is 5.73 Å². The molecule has 1 aliphatic rings. The maximum atomic E-state index is 9.20. The zero-order chi connectivity index (χ0) is 12.9. The van der Waals surface area contributed by atoms with Crippen molar-refractivity contribution in [3.8, 4) is 0 Å². The van der Waals surface area contributed by atoms with Gasteiger partial charge in [0, 0.05) is 0 Å². The van der Waals surface area contributed by atoms with Gasteiger partial charge in [-0.05, 0) is 0 Å². The Morgan fingerprint density at radius 2 is 1.62 bits per heavy atom. The van der Waals surface area contributed by atoms with Crippen molar-refractivity contribution in [3.63, 3.8) is 0 Å². The Morgan fingerprint density at radius 3 is 2.00 bits per heavy atom. The summed E-state index contributed by atoms with van der Waals surface area (Å²) in [4.78, 5) is 0. The van der Waals surface area contributed by atoms with Crippen molar-refractivity contribution < 1.29 is 37.4 Å². The molecule has 0 aliphatic carbocycles. The molecule has 1 unspecified atom stereocenters. The number of ether oxygens (including phenoxy) is 1. The molecule has 1 heterocycles. The average Bonchev–Trinajstić information content (AvgIpc) is 2.19. The van der Waals surface area contributed by atoms with Crippen LogP contribution in [0.15, 0.2) is 0 Å². The fourth-order valence-corrected chi connectivity index (χ4v) is 1.12.